The van der Waals surface area contributed by atoms with E-state index in [1.54, 1.807) is 12.1 Å². The first-order chi connectivity index (χ1) is 14.7. The highest BCUT2D eigenvalue weighted by atomic mass is 16.2. The van der Waals surface area contributed by atoms with Crippen molar-refractivity contribution in [3.05, 3.63) is 101 Å². The average molecular weight is 395 g/mol. The SMILES string of the molecule is O=C(NN1C(=O)[C@@H]2C3c4ccccc4C(c4ccccc43)[C@H]2C1=O)c1ccncc1. The molecule has 3 amide bonds. The molecule has 0 saturated carbocycles. The number of carbonyl (C=O) groups is 3. The van der Waals surface area contributed by atoms with Gasteiger partial charge in [0, 0.05) is 29.8 Å². The lowest BCUT2D eigenvalue weighted by Gasteiger charge is -2.45. The fraction of sp³-hybridized carbons (Fsp3) is 0.167. The van der Waals surface area contributed by atoms with Gasteiger partial charge in [0.2, 0.25) is 0 Å². The first-order valence-corrected chi connectivity index (χ1v) is 9.93. The molecule has 2 bridgehead atoms. The Bertz CT molecular complexity index is 1110. The number of hydrogen-bond acceptors (Lipinski definition) is 4. The number of hydrogen-bond donors (Lipinski definition) is 1. The molecule has 3 aromatic rings. The number of nitrogens with zero attached hydrogens (tertiary/aromatic N) is 2. The summed E-state index contributed by atoms with van der Waals surface area (Å²) >= 11 is 0. The van der Waals surface area contributed by atoms with Crippen molar-refractivity contribution < 1.29 is 14.4 Å². The molecule has 1 fully saturated rings. The van der Waals surface area contributed by atoms with Gasteiger partial charge in [0.15, 0.2) is 0 Å². The molecule has 6 heteroatoms. The molecular weight excluding hydrogens is 378 g/mol. The maximum absolute atomic E-state index is 13.4. The summed E-state index contributed by atoms with van der Waals surface area (Å²) in [6, 6.07) is 19.2. The molecular formula is C24H17N3O3. The second kappa shape index (κ2) is 6.10. The second-order valence-corrected chi connectivity index (χ2v) is 7.95. The standard InChI is InChI=1S/C24H17N3O3/c28-22(13-9-11-25-12-10-13)26-27-23(29)20-18-14-5-1-2-6-15(14)19(21(20)24(27)30)17-8-4-3-7-16(17)18/h1-12,18-21H,(H,26,28)/t18?,19?,20-,21-/m1/s1. The highest BCUT2D eigenvalue weighted by molar-refractivity contribution is 6.09. The number of benzene rings is 2. The molecule has 7 rings (SSSR count). The fourth-order valence-corrected chi connectivity index (χ4v) is 5.46. The van der Waals surface area contributed by atoms with Crippen LogP contribution in [-0.4, -0.2) is 27.7 Å². The summed E-state index contributed by atoms with van der Waals surface area (Å²) in [7, 11) is 0. The Balaban J connectivity index is 1.44. The third-order valence-electron chi connectivity index (χ3n) is 6.60. The van der Waals surface area contributed by atoms with Gasteiger partial charge in [-0.05, 0) is 34.4 Å². The van der Waals surface area contributed by atoms with Crippen molar-refractivity contribution in [2.24, 2.45) is 11.8 Å². The minimum atomic E-state index is -0.509. The predicted molar refractivity (Wildman–Crippen MR) is 107 cm³/mol. The van der Waals surface area contributed by atoms with Gasteiger partial charge in [0.1, 0.15) is 0 Å². The van der Waals surface area contributed by atoms with Crippen LogP contribution in [0.5, 0.6) is 0 Å². The summed E-state index contributed by atoms with van der Waals surface area (Å²) in [5.74, 6) is -2.58. The van der Waals surface area contributed by atoms with Crippen LogP contribution in [0.1, 0.15) is 44.4 Å². The Morgan fingerprint density at radius 3 is 1.60 bits per heavy atom. The first-order valence-electron chi connectivity index (χ1n) is 9.93. The Hall–Kier alpha value is -3.80. The van der Waals surface area contributed by atoms with Crippen LogP contribution in [0, 0.1) is 11.8 Å². The molecule has 2 heterocycles. The van der Waals surface area contributed by atoms with Crippen LogP contribution in [0.3, 0.4) is 0 Å². The van der Waals surface area contributed by atoms with E-state index < -0.39 is 17.7 Å². The number of imide groups is 1. The molecule has 1 aromatic heterocycles. The fourth-order valence-electron chi connectivity index (χ4n) is 5.46. The minimum absolute atomic E-state index is 0.188. The zero-order chi connectivity index (χ0) is 20.4. The number of pyridine rings is 1. The Morgan fingerprint density at radius 2 is 1.17 bits per heavy atom. The Kier molecular flexibility index (Phi) is 3.47. The smallest absolute Gasteiger partial charge is 0.270 e. The summed E-state index contributed by atoms with van der Waals surface area (Å²) in [5.41, 5.74) is 7.29. The van der Waals surface area contributed by atoms with Gasteiger partial charge in [-0.3, -0.25) is 24.8 Å². The van der Waals surface area contributed by atoms with Gasteiger partial charge in [-0.2, -0.15) is 5.01 Å². The Morgan fingerprint density at radius 1 is 0.733 bits per heavy atom. The summed E-state index contributed by atoms with van der Waals surface area (Å²) < 4.78 is 0. The molecule has 1 N–H and O–H groups in total. The molecule has 1 saturated heterocycles. The van der Waals surface area contributed by atoms with Crippen molar-refractivity contribution in [1.29, 1.82) is 0 Å². The van der Waals surface area contributed by atoms with Crippen molar-refractivity contribution in [2.75, 3.05) is 0 Å². The lowest BCUT2D eigenvalue weighted by molar-refractivity contribution is -0.142. The highest BCUT2D eigenvalue weighted by Gasteiger charge is 2.62. The lowest BCUT2D eigenvalue weighted by Crippen LogP contribution is -2.46. The molecule has 4 aliphatic rings. The normalized spacial score (nSPS) is 25.5. The van der Waals surface area contributed by atoms with E-state index in [1.165, 1.54) is 12.4 Å². The summed E-state index contributed by atoms with van der Waals surface area (Å²) in [6.07, 6.45) is 2.99. The molecule has 146 valence electrons. The van der Waals surface area contributed by atoms with Crippen molar-refractivity contribution in [1.82, 2.24) is 15.4 Å². The molecule has 0 unspecified atom stereocenters. The van der Waals surface area contributed by atoms with E-state index in [2.05, 4.69) is 34.7 Å². The summed E-state index contributed by atoms with van der Waals surface area (Å²) in [6.45, 7) is 0. The number of carbonyl (C=O) groups excluding carboxylic acids is 3. The number of nitrogens with one attached hydrogen (secondary N) is 1. The van der Waals surface area contributed by atoms with Crippen LogP contribution in [0.25, 0.3) is 0 Å². The van der Waals surface area contributed by atoms with Crippen molar-refractivity contribution in [3.63, 3.8) is 0 Å². The number of hydrazine groups is 1. The maximum Gasteiger partial charge on any atom is 0.270 e. The Labute approximate surface area is 172 Å². The van der Waals surface area contributed by atoms with E-state index in [-0.39, 0.29) is 23.7 Å². The van der Waals surface area contributed by atoms with Crippen LogP contribution in [0.2, 0.25) is 0 Å². The van der Waals surface area contributed by atoms with Gasteiger partial charge < -0.3 is 0 Å². The van der Waals surface area contributed by atoms with Crippen molar-refractivity contribution >= 4 is 17.7 Å². The largest absolute Gasteiger partial charge is 0.272 e. The van der Waals surface area contributed by atoms with Crippen molar-refractivity contribution in [2.45, 2.75) is 11.8 Å². The van der Waals surface area contributed by atoms with Crippen LogP contribution in [0.15, 0.2) is 73.1 Å². The third kappa shape index (κ3) is 2.13. The molecule has 2 aromatic carbocycles. The highest BCUT2D eigenvalue weighted by Crippen LogP contribution is 2.60. The van der Waals surface area contributed by atoms with Gasteiger partial charge >= 0.3 is 0 Å². The van der Waals surface area contributed by atoms with Crippen LogP contribution >= 0.6 is 0 Å². The third-order valence-corrected chi connectivity index (χ3v) is 6.60. The molecule has 6 nitrogen and oxygen atoms in total. The second-order valence-electron chi connectivity index (χ2n) is 7.95. The van der Waals surface area contributed by atoms with E-state index in [0.29, 0.717) is 5.56 Å². The predicted octanol–water partition coefficient (Wildman–Crippen LogP) is 2.62. The quantitative estimate of drug-likeness (QED) is 0.677. The maximum atomic E-state index is 13.4. The van der Waals surface area contributed by atoms with E-state index in [0.717, 1.165) is 27.3 Å². The van der Waals surface area contributed by atoms with Gasteiger partial charge in [-0.1, -0.05) is 48.5 Å². The number of rotatable bonds is 2. The van der Waals surface area contributed by atoms with Gasteiger partial charge in [-0.15, -0.1) is 0 Å². The van der Waals surface area contributed by atoms with Crippen LogP contribution < -0.4 is 5.43 Å². The molecule has 3 aliphatic carbocycles. The van der Waals surface area contributed by atoms with Crippen molar-refractivity contribution in [3.8, 4) is 0 Å². The summed E-state index contributed by atoms with van der Waals surface area (Å²) in [4.78, 5) is 43.3. The van der Waals surface area contributed by atoms with Crippen LogP contribution in [0.4, 0.5) is 0 Å². The monoisotopic (exact) mass is 395 g/mol. The number of aromatic nitrogens is 1. The first kappa shape index (κ1) is 17.1. The molecule has 0 spiro atoms. The molecule has 30 heavy (non-hydrogen) atoms. The van der Waals surface area contributed by atoms with E-state index in [9.17, 15) is 14.4 Å². The van der Waals surface area contributed by atoms with Crippen LogP contribution in [-0.2, 0) is 9.59 Å². The number of amides is 3. The zero-order valence-electron chi connectivity index (χ0n) is 15.9. The van der Waals surface area contributed by atoms with Gasteiger partial charge in [0.25, 0.3) is 17.7 Å². The molecule has 0 radical (unpaired) electrons. The van der Waals surface area contributed by atoms with E-state index >= 15 is 0 Å². The van der Waals surface area contributed by atoms with Gasteiger partial charge in [-0.25, -0.2) is 0 Å². The molecule has 1 aliphatic heterocycles. The van der Waals surface area contributed by atoms with E-state index in [1.807, 2.05) is 24.3 Å². The zero-order valence-corrected chi connectivity index (χ0v) is 15.9. The van der Waals surface area contributed by atoms with Gasteiger partial charge in [0.05, 0.1) is 11.8 Å². The average Bonchev–Trinajstić information content (AvgIpc) is 3.05. The summed E-state index contributed by atoms with van der Waals surface area (Å²) in [5, 5.41) is 0.940. The van der Waals surface area contributed by atoms with E-state index in [4.69, 9.17) is 0 Å². The molecule has 2 atom stereocenters. The lowest BCUT2D eigenvalue weighted by atomic mass is 9.55. The topological polar surface area (TPSA) is 79.4 Å². The minimum Gasteiger partial charge on any atom is -0.272 e.